The van der Waals surface area contributed by atoms with Gasteiger partial charge in [0, 0.05) is 36.1 Å². The van der Waals surface area contributed by atoms with Gasteiger partial charge in [-0.2, -0.15) is 18.3 Å². The summed E-state index contributed by atoms with van der Waals surface area (Å²) >= 11 is 0. The lowest BCUT2D eigenvalue weighted by atomic mass is 10.1. The number of halogens is 3. The van der Waals surface area contributed by atoms with Crippen LogP contribution in [0.5, 0.6) is 0 Å². The van der Waals surface area contributed by atoms with E-state index in [1.54, 1.807) is 49.8 Å². The molecule has 35 heavy (non-hydrogen) atoms. The molecule has 0 atom stereocenters. The first-order valence-corrected chi connectivity index (χ1v) is 10.6. The zero-order valence-corrected chi connectivity index (χ0v) is 18.4. The van der Waals surface area contributed by atoms with Gasteiger partial charge in [-0.25, -0.2) is 0 Å². The van der Waals surface area contributed by atoms with Crippen LogP contribution in [0, 0.1) is 0 Å². The smallest absolute Gasteiger partial charge is 0.346 e. The van der Waals surface area contributed by atoms with Crippen LogP contribution in [0.15, 0.2) is 77.9 Å². The number of carbonyl (C=O) groups is 1. The fourth-order valence-electron chi connectivity index (χ4n) is 3.97. The largest absolute Gasteiger partial charge is 0.416 e. The number of pyridine rings is 2. The van der Waals surface area contributed by atoms with E-state index < -0.39 is 17.3 Å². The highest BCUT2D eigenvalue weighted by molar-refractivity contribution is 6.07. The molecule has 0 saturated heterocycles. The van der Waals surface area contributed by atoms with Gasteiger partial charge < -0.3 is 5.32 Å². The average molecular weight is 477 g/mol. The maximum Gasteiger partial charge on any atom is 0.416 e. The van der Waals surface area contributed by atoms with E-state index in [0.717, 1.165) is 12.1 Å². The van der Waals surface area contributed by atoms with Crippen LogP contribution < -0.4 is 10.9 Å². The van der Waals surface area contributed by atoms with E-state index in [-0.39, 0.29) is 23.5 Å². The van der Waals surface area contributed by atoms with Crippen LogP contribution in [0.3, 0.4) is 0 Å². The Morgan fingerprint density at radius 2 is 1.80 bits per heavy atom. The number of benzene rings is 2. The summed E-state index contributed by atoms with van der Waals surface area (Å²) in [6.45, 7) is 0.238. The molecule has 0 aliphatic heterocycles. The highest BCUT2D eigenvalue weighted by Crippen LogP contribution is 2.30. The Kier molecular flexibility index (Phi) is 5.35. The van der Waals surface area contributed by atoms with Gasteiger partial charge in [0.05, 0.1) is 28.7 Å². The number of amides is 1. The van der Waals surface area contributed by atoms with Crippen LogP contribution >= 0.6 is 0 Å². The molecule has 1 N–H and O–H groups in total. The number of hydrogen-bond acceptors (Lipinski definition) is 4. The van der Waals surface area contributed by atoms with Gasteiger partial charge in [-0.1, -0.05) is 6.07 Å². The van der Waals surface area contributed by atoms with Crippen molar-refractivity contribution >= 4 is 27.7 Å². The van der Waals surface area contributed by atoms with Crippen molar-refractivity contribution in [2.45, 2.75) is 12.7 Å². The average Bonchev–Trinajstić information content (AvgIpc) is 3.25. The van der Waals surface area contributed by atoms with Crippen molar-refractivity contribution in [3.05, 3.63) is 100 Å². The highest BCUT2D eigenvalue weighted by atomic mass is 19.4. The molecule has 0 radical (unpaired) electrons. The third kappa shape index (κ3) is 4.14. The van der Waals surface area contributed by atoms with Gasteiger partial charge in [-0.05, 0) is 54.6 Å². The van der Waals surface area contributed by atoms with E-state index in [1.807, 2.05) is 6.07 Å². The van der Waals surface area contributed by atoms with Crippen molar-refractivity contribution in [2.24, 2.45) is 7.05 Å². The number of nitrogens with zero attached hydrogens (tertiary/aromatic N) is 4. The molecule has 1 amide bonds. The molecule has 0 aliphatic carbocycles. The minimum Gasteiger partial charge on any atom is -0.346 e. The minimum absolute atomic E-state index is 0.238. The first-order valence-electron chi connectivity index (χ1n) is 10.6. The number of rotatable bonds is 4. The predicted molar refractivity (Wildman–Crippen MR) is 124 cm³/mol. The molecule has 7 nitrogen and oxygen atoms in total. The van der Waals surface area contributed by atoms with Crippen molar-refractivity contribution < 1.29 is 18.0 Å². The molecule has 5 rings (SSSR count). The zero-order chi connectivity index (χ0) is 24.7. The number of alkyl halides is 3. The van der Waals surface area contributed by atoms with Crippen molar-refractivity contribution in [2.75, 3.05) is 0 Å². The van der Waals surface area contributed by atoms with Crippen molar-refractivity contribution in [1.29, 1.82) is 0 Å². The Morgan fingerprint density at radius 1 is 1.03 bits per heavy atom. The van der Waals surface area contributed by atoms with Gasteiger partial charge in [0.2, 0.25) is 0 Å². The van der Waals surface area contributed by atoms with Crippen LogP contribution in [0.25, 0.3) is 27.5 Å². The molecule has 0 saturated carbocycles. The van der Waals surface area contributed by atoms with Crippen molar-refractivity contribution in [3.8, 4) is 5.69 Å². The summed E-state index contributed by atoms with van der Waals surface area (Å²) in [6, 6.07) is 14.5. The van der Waals surface area contributed by atoms with E-state index >= 15 is 0 Å². The number of carbonyl (C=O) groups excluding carboxylic acids is 1. The van der Waals surface area contributed by atoms with Gasteiger partial charge in [0.1, 0.15) is 5.52 Å². The first-order chi connectivity index (χ1) is 16.7. The quantitative estimate of drug-likeness (QED) is 0.420. The predicted octanol–water partition coefficient (Wildman–Crippen LogP) is 4.22. The molecule has 5 aromatic rings. The van der Waals surface area contributed by atoms with E-state index in [1.165, 1.54) is 21.4 Å². The Morgan fingerprint density at radius 3 is 2.49 bits per heavy atom. The second-order valence-corrected chi connectivity index (χ2v) is 7.99. The van der Waals surface area contributed by atoms with Gasteiger partial charge in [-0.15, -0.1) is 0 Å². The molecule has 2 aromatic carbocycles. The summed E-state index contributed by atoms with van der Waals surface area (Å²) in [6.07, 6.45) is -1.31. The van der Waals surface area contributed by atoms with Crippen LogP contribution in [-0.2, 0) is 19.8 Å². The zero-order valence-electron chi connectivity index (χ0n) is 18.4. The van der Waals surface area contributed by atoms with Crippen LogP contribution in [0.1, 0.15) is 21.6 Å². The molecule has 0 unspecified atom stereocenters. The van der Waals surface area contributed by atoms with Gasteiger partial charge in [-0.3, -0.25) is 23.8 Å². The lowest BCUT2D eigenvalue weighted by molar-refractivity contribution is -0.137. The Balaban J connectivity index is 1.62. The Hall–Kier alpha value is -4.47. The number of nitrogens with one attached hydrogen (secondary N) is 1. The highest BCUT2D eigenvalue weighted by Gasteiger charge is 2.30. The number of aryl methyl sites for hydroxylation is 1. The first kappa shape index (κ1) is 22.3. The van der Waals surface area contributed by atoms with E-state index in [0.29, 0.717) is 27.7 Å². The normalized spacial score (nSPS) is 11.8. The SMILES string of the molecule is Cn1cc2c(=O)n(-c3ccc(C(F)(F)F)cc3)c3ccc(C(=O)NCc4ccccn4)cc3c2n1. The lowest BCUT2D eigenvalue weighted by Crippen LogP contribution is -2.23. The lowest BCUT2D eigenvalue weighted by Gasteiger charge is -2.14. The molecule has 0 bridgehead atoms. The number of fused-ring (bicyclic) bond motifs is 3. The molecule has 3 heterocycles. The third-order valence-corrected chi connectivity index (χ3v) is 5.63. The molecule has 0 aliphatic rings. The third-order valence-electron chi connectivity index (χ3n) is 5.63. The molecule has 0 fully saturated rings. The monoisotopic (exact) mass is 477 g/mol. The fourth-order valence-corrected chi connectivity index (χ4v) is 3.97. The second-order valence-electron chi connectivity index (χ2n) is 7.99. The summed E-state index contributed by atoms with van der Waals surface area (Å²) in [5.41, 5.74) is 0.895. The fraction of sp³-hybridized carbons (Fsp3) is 0.120. The summed E-state index contributed by atoms with van der Waals surface area (Å²) in [5, 5.41) is 8.00. The van der Waals surface area contributed by atoms with E-state index in [9.17, 15) is 22.8 Å². The summed E-state index contributed by atoms with van der Waals surface area (Å²) in [7, 11) is 1.66. The van der Waals surface area contributed by atoms with Gasteiger partial charge >= 0.3 is 6.18 Å². The van der Waals surface area contributed by atoms with Crippen LogP contribution in [0.2, 0.25) is 0 Å². The van der Waals surface area contributed by atoms with Crippen LogP contribution in [-0.4, -0.2) is 25.2 Å². The van der Waals surface area contributed by atoms with Crippen molar-refractivity contribution in [3.63, 3.8) is 0 Å². The molecular weight excluding hydrogens is 459 g/mol. The number of aromatic nitrogens is 4. The van der Waals surface area contributed by atoms with E-state index in [4.69, 9.17) is 0 Å². The molecule has 3 aromatic heterocycles. The summed E-state index contributed by atoms with van der Waals surface area (Å²) in [4.78, 5) is 30.3. The Labute approximate surface area is 196 Å². The molecule has 0 spiro atoms. The minimum atomic E-state index is -4.49. The van der Waals surface area contributed by atoms with Crippen LogP contribution in [0.4, 0.5) is 13.2 Å². The summed E-state index contributed by atoms with van der Waals surface area (Å²) < 4.78 is 41.9. The maximum absolute atomic E-state index is 13.3. The second kappa shape index (κ2) is 8.39. The number of hydrogen-bond donors (Lipinski definition) is 1. The van der Waals surface area contributed by atoms with E-state index in [2.05, 4.69) is 15.4 Å². The summed E-state index contributed by atoms with van der Waals surface area (Å²) in [5.74, 6) is -0.339. The Bertz CT molecular complexity index is 1620. The molecule has 176 valence electrons. The van der Waals surface area contributed by atoms with Crippen molar-refractivity contribution in [1.82, 2.24) is 24.6 Å². The maximum atomic E-state index is 13.3. The molecular formula is C25H18F3N5O2. The van der Waals surface area contributed by atoms with Gasteiger partial charge in [0.25, 0.3) is 11.5 Å². The van der Waals surface area contributed by atoms with Gasteiger partial charge in [0.15, 0.2) is 0 Å². The topological polar surface area (TPSA) is 81.8 Å². The standard InChI is InChI=1S/C25H18F3N5O2/c1-32-14-20-22(31-32)19-12-15(23(34)30-13-17-4-2-3-11-29-17)5-10-21(19)33(24(20)35)18-8-6-16(7-9-18)25(26,27)28/h2-12,14H,13H2,1H3,(H,30,34). The molecule has 10 heteroatoms.